The first kappa shape index (κ1) is 25.1. The van der Waals surface area contributed by atoms with Crippen molar-refractivity contribution in [2.75, 3.05) is 18.4 Å². The number of alkyl halides is 3. The smallest absolute Gasteiger partial charge is 0.340 e. The standard InChI is InChI=1S/C25H24F3N5O3/c26-25(27,28)18-6-4-5-17(13-18)23-30-20(15-22(34)32-36)14-21(31-23)29-19-9-7-16(8-10-19)24(35)33-11-2-1-3-12-33/h4-10,13-14,36H,1-3,11-12,15H2,(H,32,34)(H,29,30,31). The Balaban J connectivity index is 1.60. The third-order valence-electron chi connectivity index (χ3n) is 5.74. The molecule has 36 heavy (non-hydrogen) atoms. The van der Waals surface area contributed by atoms with Gasteiger partial charge in [0.25, 0.3) is 5.91 Å². The molecule has 0 spiro atoms. The first-order valence-corrected chi connectivity index (χ1v) is 11.4. The second-order valence-corrected chi connectivity index (χ2v) is 8.41. The number of aromatic nitrogens is 2. The van der Waals surface area contributed by atoms with Gasteiger partial charge in [0.05, 0.1) is 17.7 Å². The van der Waals surface area contributed by atoms with Crippen LogP contribution in [0.15, 0.2) is 54.6 Å². The minimum atomic E-state index is -4.54. The van der Waals surface area contributed by atoms with Gasteiger partial charge in [-0.1, -0.05) is 12.1 Å². The van der Waals surface area contributed by atoms with Crippen molar-refractivity contribution in [2.45, 2.75) is 31.9 Å². The fourth-order valence-electron chi connectivity index (χ4n) is 3.94. The molecule has 188 valence electrons. The van der Waals surface area contributed by atoms with E-state index in [0.29, 0.717) is 11.3 Å². The highest BCUT2D eigenvalue weighted by Gasteiger charge is 2.30. The molecule has 0 saturated carbocycles. The highest BCUT2D eigenvalue weighted by atomic mass is 19.4. The highest BCUT2D eigenvalue weighted by molar-refractivity contribution is 5.94. The number of rotatable bonds is 6. The van der Waals surface area contributed by atoms with Gasteiger partial charge in [-0.15, -0.1) is 0 Å². The lowest BCUT2D eigenvalue weighted by molar-refractivity contribution is -0.137. The first-order chi connectivity index (χ1) is 17.2. The Morgan fingerprint density at radius 2 is 1.69 bits per heavy atom. The van der Waals surface area contributed by atoms with Gasteiger partial charge >= 0.3 is 6.18 Å². The fourth-order valence-corrected chi connectivity index (χ4v) is 3.94. The van der Waals surface area contributed by atoms with Gasteiger partial charge in [0.2, 0.25) is 5.91 Å². The maximum absolute atomic E-state index is 13.2. The SMILES string of the molecule is O=C(Cc1cc(Nc2ccc(C(=O)N3CCCCC3)cc2)nc(-c2cccc(C(F)(F)F)c2)n1)NO. The van der Waals surface area contributed by atoms with Crippen LogP contribution in [-0.4, -0.2) is 45.0 Å². The van der Waals surface area contributed by atoms with E-state index in [2.05, 4.69) is 15.3 Å². The molecule has 1 saturated heterocycles. The number of piperidine rings is 1. The van der Waals surface area contributed by atoms with Gasteiger partial charge in [-0.3, -0.25) is 14.8 Å². The summed E-state index contributed by atoms with van der Waals surface area (Å²) in [6.07, 6.45) is -1.76. The van der Waals surface area contributed by atoms with Gasteiger partial charge in [-0.2, -0.15) is 13.2 Å². The van der Waals surface area contributed by atoms with E-state index in [4.69, 9.17) is 5.21 Å². The number of amides is 2. The van der Waals surface area contributed by atoms with Gasteiger partial charge in [-0.05, 0) is 55.7 Å². The maximum Gasteiger partial charge on any atom is 0.416 e. The number of nitrogens with zero attached hydrogens (tertiary/aromatic N) is 3. The summed E-state index contributed by atoms with van der Waals surface area (Å²) in [7, 11) is 0. The Kier molecular flexibility index (Phi) is 7.49. The number of hydrogen-bond donors (Lipinski definition) is 3. The van der Waals surface area contributed by atoms with E-state index in [9.17, 15) is 22.8 Å². The van der Waals surface area contributed by atoms with E-state index in [1.807, 2.05) is 4.90 Å². The number of carbonyl (C=O) groups is 2. The van der Waals surface area contributed by atoms with Crippen LogP contribution in [-0.2, 0) is 17.4 Å². The monoisotopic (exact) mass is 499 g/mol. The summed E-state index contributed by atoms with van der Waals surface area (Å²) in [4.78, 5) is 34.7. The molecule has 1 aromatic heterocycles. The van der Waals surface area contributed by atoms with E-state index in [1.54, 1.807) is 24.3 Å². The molecule has 1 fully saturated rings. The van der Waals surface area contributed by atoms with Crippen molar-refractivity contribution in [3.8, 4) is 11.4 Å². The average molecular weight is 499 g/mol. The van der Waals surface area contributed by atoms with Gasteiger partial charge in [0, 0.05) is 36.0 Å². The zero-order chi connectivity index (χ0) is 25.7. The Labute approximate surface area is 205 Å². The van der Waals surface area contributed by atoms with Crippen molar-refractivity contribution in [3.05, 3.63) is 71.4 Å². The summed E-state index contributed by atoms with van der Waals surface area (Å²) in [5.41, 5.74) is 2.08. The molecule has 8 nitrogen and oxygen atoms in total. The molecule has 0 atom stereocenters. The number of halogens is 3. The largest absolute Gasteiger partial charge is 0.416 e. The summed E-state index contributed by atoms with van der Waals surface area (Å²) in [5, 5.41) is 11.9. The molecular formula is C25H24F3N5O3. The number of hydrogen-bond acceptors (Lipinski definition) is 6. The minimum absolute atomic E-state index is 0.0243. The van der Waals surface area contributed by atoms with Gasteiger partial charge < -0.3 is 10.2 Å². The summed E-state index contributed by atoms with van der Waals surface area (Å²) < 4.78 is 39.6. The lowest BCUT2D eigenvalue weighted by Crippen LogP contribution is -2.35. The second-order valence-electron chi connectivity index (χ2n) is 8.41. The second kappa shape index (κ2) is 10.7. The molecule has 0 aliphatic carbocycles. The Morgan fingerprint density at radius 3 is 2.36 bits per heavy atom. The van der Waals surface area contributed by atoms with Crippen molar-refractivity contribution < 1.29 is 28.0 Å². The summed E-state index contributed by atoms with van der Waals surface area (Å²) in [5.74, 6) is -0.570. The van der Waals surface area contributed by atoms with Crippen molar-refractivity contribution in [2.24, 2.45) is 0 Å². The number of likely N-dealkylation sites (tertiary alicyclic amines) is 1. The summed E-state index contributed by atoms with van der Waals surface area (Å²) in [6, 6.07) is 12.8. The van der Waals surface area contributed by atoms with E-state index in [1.165, 1.54) is 23.7 Å². The fraction of sp³-hybridized carbons (Fsp3) is 0.280. The number of hydroxylamine groups is 1. The molecule has 0 radical (unpaired) electrons. The van der Waals surface area contributed by atoms with Crippen molar-refractivity contribution in [3.63, 3.8) is 0 Å². The van der Waals surface area contributed by atoms with E-state index in [-0.39, 0.29) is 35.2 Å². The van der Waals surface area contributed by atoms with E-state index >= 15 is 0 Å². The number of carbonyl (C=O) groups excluding carboxylic acids is 2. The molecule has 4 rings (SSSR count). The van der Waals surface area contributed by atoms with Crippen molar-refractivity contribution in [1.29, 1.82) is 0 Å². The van der Waals surface area contributed by atoms with Gasteiger partial charge in [0.1, 0.15) is 5.82 Å². The predicted octanol–water partition coefficient (Wildman–Crippen LogP) is 4.58. The lowest BCUT2D eigenvalue weighted by Gasteiger charge is -2.26. The normalized spacial score (nSPS) is 13.8. The first-order valence-electron chi connectivity index (χ1n) is 11.4. The third kappa shape index (κ3) is 6.16. The molecule has 2 heterocycles. The quantitative estimate of drug-likeness (QED) is 0.339. The molecule has 0 bridgehead atoms. The maximum atomic E-state index is 13.2. The zero-order valence-corrected chi connectivity index (χ0v) is 19.2. The van der Waals surface area contributed by atoms with E-state index in [0.717, 1.165) is 44.5 Å². The highest BCUT2D eigenvalue weighted by Crippen LogP contribution is 2.32. The van der Waals surface area contributed by atoms with Crippen LogP contribution in [0.5, 0.6) is 0 Å². The van der Waals surface area contributed by atoms with Crippen LogP contribution >= 0.6 is 0 Å². The zero-order valence-electron chi connectivity index (χ0n) is 19.2. The molecule has 0 unspecified atom stereocenters. The summed E-state index contributed by atoms with van der Waals surface area (Å²) >= 11 is 0. The number of benzene rings is 2. The van der Waals surface area contributed by atoms with E-state index < -0.39 is 17.6 Å². The van der Waals surface area contributed by atoms with Crippen LogP contribution in [0.1, 0.15) is 40.9 Å². The van der Waals surface area contributed by atoms with Crippen LogP contribution in [0.3, 0.4) is 0 Å². The summed E-state index contributed by atoms with van der Waals surface area (Å²) in [6.45, 7) is 1.48. The predicted molar refractivity (Wildman–Crippen MR) is 126 cm³/mol. The molecule has 11 heteroatoms. The minimum Gasteiger partial charge on any atom is -0.340 e. The molecule has 3 N–H and O–H groups in total. The Morgan fingerprint density at radius 1 is 0.972 bits per heavy atom. The average Bonchev–Trinajstić information content (AvgIpc) is 2.88. The number of anilines is 2. The molecule has 1 aliphatic heterocycles. The van der Waals surface area contributed by atoms with Crippen LogP contribution in [0, 0.1) is 0 Å². The Bertz CT molecular complexity index is 1240. The molecule has 2 aromatic carbocycles. The molecule has 2 amide bonds. The van der Waals surface area contributed by atoms with Crippen molar-refractivity contribution >= 4 is 23.3 Å². The molecular weight excluding hydrogens is 475 g/mol. The molecule has 1 aliphatic rings. The third-order valence-corrected chi connectivity index (χ3v) is 5.74. The Hall–Kier alpha value is -3.99. The van der Waals surface area contributed by atoms with Crippen LogP contribution in [0.2, 0.25) is 0 Å². The topological polar surface area (TPSA) is 107 Å². The van der Waals surface area contributed by atoms with Crippen LogP contribution in [0.4, 0.5) is 24.7 Å². The molecule has 3 aromatic rings. The van der Waals surface area contributed by atoms with Gasteiger partial charge in [0.15, 0.2) is 5.82 Å². The van der Waals surface area contributed by atoms with Crippen LogP contribution in [0.25, 0.3) is 11.4 Å². The lowest BCUT2D eigenvalue weighted by atomic mass is 10.1. The van der Waals surface area contributed by atoms with Crippen molar-refractivity contribution in [1.82, 2.24) is 20.3 Å². The number of nitrogens with one attached hydrogen (secondary N) is 2. The van der Waals surface area contributed by atoms with Gasteiger partial charge in [-0.25, -0.2) is 15.4 Å². The van der Waals surface area contributed by atoms with Crippen LogP contribution < -0.4 is 10.8 Å².